The van der Waals surface area contributed by atoms with Crippen LogP contribution in [0.5, 0.6) is 0 Å². The summed E-state index contributed by atoms with van der Waals surface area (Å²) in [5.74, 6) is -1.32. The normalized spacial score (nSPS) is 10.2. The molecule has 0 bridgehead atoms. The van der Waals surface area contributed by atoms with Crippen molar-refractivity contribution in [3.05, 3.63) is 54.7 Å². The average Bonchev–Trinajstić information content (AvgIpc) is 2.41. The van der Waals surface area contributed by atoms with Gasteiger partial charge in [0.1, 0.15) is 0 Å². The number of nitrogens with zero attached hydrogens (tertiary/aromatic N) is 2. The van der Waals surface area contributed by atoms with Gasteiger partial charge in [0.2, 0.25) is 5.82 Å². The standard InChI is InChI=1S/C12H7ClIN3O4/c13-7-1-2-9(8(14)4-7)16-11-10(17(20)21)3-6(5-15-11)12(18)19/h1-5H,(H,15,16)(H,18,19). The van der Waals surface area contributed by atoms with Crippen molar-refractivity contribution in [1.29, 1.82) is 0 Å². The van der Waals surface area contributed by atoms with E-state index in [2.05, 4.69) is 10.3 Å². The van der Waals surface area contributed by atoms with Gasteiger partial charge in [0.05, 0.1) is 16.2 Å². The number of anilines is 2. The van der Waals surface area contributed by atoms with Crippen LogP contribution in [0.4, 0.5) is 17.2 Å². The number of aromatic nitrogens is 1. The van der Waals surface area contributed by atoms with Gasteiger partial charge < -0.3 is 10.4 Å². The minimum absolute atomic E-state index is 0.0368. The first kappa shape index (κ1) is 15.4. The number of carbonyl (C=O) groups is 1. The first-order valence-electron chi connectivity index (χ1n) is 5.48. The second-order valence-electron chi connectivity index (χ2n) is 3.90. The van der Waals surface area contributed by atoms with E-state index in [1.807, 2.05) is 22.6 Å². The van der Waals surface area contributed by atoms with Crippen LogP contribution in [0.1, 0.15) is 10.4 Å². The zero-order valence-electron chi connectivity index (χ0n) is 10.2. The Bertz CT molecular complexity index is 738. The number of rotatable bonds is 4. The largest absolute Gasteiger partial charge is 0.478 e. The van der Waals surface area contributed by atoms with Gasteiger partial charge in [0.15, 0.2) is 0 Å². The van der Waals surface area contributed by atoms with E-state index in [9.17, 15) is 14.9 Å². The number of nitro groups is 1. The number of pyridine rings is 1. The summed E-state index contributed by atoms with van der Waals surface area (Å²) in [6.07, 6.45) is 1.06. The lowest BCUT2D eigenvalue weighted by atomic mass is 10.2. The van der Waals surface area contributed by atoms with Crippen LogP contribution in [0.25, 0.3) is 0 Å². The summed E-state index contributed by atoms with van der Waals surface area (Å²) in [5, 5.41) is 23.2. The quantitative estimate of drug-likeness (QED) is 0.445. The zero-order valence-corrected chi connectivity index (χ0v) is 13.1. The third kappa shape index (κ3) is 3.58. The third-order valence-electron chi connectivity index (χ3n) is 2.50. The molecule has 2 aromatic rings. The molecule has 2 rings (SSSR count). The number of benzene rings is 1. The number of nitrogens with one attached hydrogen (secondary N) is 1. The first-order chi connectivity index (χ1) is 9.88. The van der Waals surface area contributed by atoms with Gasteiger partial charge in [0.25, 0.3) is 0 Å². The van der Waals surface area contributed by atoms with E-state index >= 15 is 0 Å². The molecule has 108 valence electrons. The molecule has 1 heterocycles. The molecule has 1 aromatic heterocycles. The highest BCUT2D eigenvalue weighted by Crippen LogP contribution is 2.29. The van der Waals surface area contributed by atoms with Gasteiger partial charge in [0, 0.05) is 20.9 Å². The molecule has 0 atom stereocenters. The monoisotopic (exact) mass is 419 g/mol. The number of hydrogen-bond acceptors (Lipinski definition) is 5. The fourth-order valence-corrected chi connectivity index (χ4v) is 2.53. The van der Waals surface area contributed by atoms with Crippen LogP contribution in [0.2, 0.25) is 5.02 Å². The van der Waals surface area contributed by atoms with Crippen LogP contribution in [-0.4, -0.2) is 21.0 Å². The summed E-state index contributed by atoms with van der Waals surface area (Å²) >= 11 is 7.86. The molecular formula is C12H7ClIN3O4. The SMILES string of the molecule is O=C(O)c1cnc(Nc2ccc(Cl)cc2I)c([N+](=O)[O-])c1. The van der Waals surface area contributed by atoms with Crippen LogP contribution >= 0.6 is 34.2 Å². The topological polar surface area (TPSA) is 105 Å². The Morgan fingerprint density at radius 3 is 2.71 bits per heavy atom. The minimum atomic E-state index is -1.28. The highest BCUT2D eigenvalue weighted by molar-refractivity contribution is 14.1. The molecule has 0 aliphatic rings. The van der Waals surface area contributed by atoms with E-state index in [4.69, 9.17) is 16.7 Å². The summed E-state index contributed by atoms with van der Waals surface area (Å²) in [5.41, 5.74) is -0.0858. The predicted octanol–water partition coefficient (Wildman–Crippen LogP) is 3.69. The number of carboxylic acid groups (broad SMARTS) is 1. The summed E-state index contributed by atoms with van der Waals surface area (Å²) in [4.78, 5) is 25.0. The Labute approximate surface area is 137 Å². The second-order valence-corrected chi connectivity index (χ2v) is 5.50. The minimum Gasteiger partial charge on any atom is -0.478 e. The zero-order chi connectivity index (χ0) is 15.6. The van der Waals surface area contributed by atoms with Crippen molar-refractivity contribution < 1.29 is 14.8 Å². The highest BCUT2D eigenvalue weighted by Gasteiger charge is 2.19. The Balaban J connectivity index is 2.44. The molecule has 21 heavy (non-hydrogen) atoms. The smallest absolute Gasteiger partial charge is 0.337 e. The molecule has 0 radical (unpaired) electrons. The van der Waals surface area contributed by atoms with Crippen molar-refractivity contribution in [2.75, 3.05) is 5.32 Å². The molecular weight excluding hydrogens is 413 g/mol. The fourth-order valence-electron chi connectivity index (χ4n) is 1.52. The summed E-state index contributed by atoms with van der Waals surface area (Å²) < 4.78 is 0.749. The molecule has 0 aliphatic carbocycles. The molecule has 0 aliphatic heterocycles. The van der Waals surface area contributed by atoms with Gasteiger partial charge in [-0.3, -0.25) is 10.1 Å². The summed E-state index contributed by atoms with van der Waals surface area (Å²) in [7, 11) is 0. The molecule has 0 saturated carbocycles. The average molecular weight is 420 g/mol. The van der Waals surface area contributed by atoms with Crippen LogP contribution in [-0.2, 0) is 0 Å². The number of aromatic carboxylic acids is 1. The van der Waals surface area contributed by atoms with Crippen LogP contribution in [0.3, 0.4) is 0 Å². The molecule has 0 fully saturated rings. The summed E-state index contributed by atoms with van der Waals surface area (Å²) in [6.45, 7) is 0. The molecule has 0 spiro atoms. The van der Waals surface area contributed by atoms with Crippen molar-refractivity contribution in [2.24, 2.45) is 0 Å². The maximum atomic E-state index is 11.0. The van der Waals surface area contributed by atoms with Gasteiger partial charge in [-0.25, -0.2) is 9.78 Å². The van der Waals surface area contributed by atoms with E-state index in [0.717, 1.165) is 15.8 Å². The molecule has 2 N–H and O–H groups in total. The number of hydrogen-bond donors (Lipinski definition) is 2. The van der Waals surface area contributed by atoms with Crippen LogP contribution in [0.15, 0.2) is 30.5 Å². The van der Waals surface area contributed by atoms with Gasteiger partial charge in [-0.2, -0.15) is 0 Å². The van der Waals surface area contributed by atoms with Crippen molar-refractivity contribution in [2.45, 2.75) is 0 Å². The second kappa shape index (κ2) is 6.22. The van der Waals surface area contributed by atoms with E-state index in [-0.39, 0.29) is 11.4 Å². The van der Waals surface area contributed by atoms with Crippen molar-refractivity contribution in [3.8, 4) is 0 Å². The lowest BCUT2D eigenvalue weighted by Gasteiger charge is -2.08. The molecule has 7 nitrogen and oxygen atoms in total. The molecule has 0 saturated heterocycles. The number of halogens is 2. The van der Waals surface area contributed by atoms with E-state index in [1.165, 1.54) is 0 Å². The van der Waals surface area contributed by atoms with Crippen LogP contribution < -0.4 is 5.32 Å². The molecule has 1 aromatic carbocycles. The predicted molar refractivity (Wildman–Crippen MR) is 85.3 cm³/mol. The fraction of sp³-hybridized carbons (Fsp3) is 0. The maximum Gasteiger partial charge on any atom is 0.337 e. The van der Waals surface area contributed by atoms with Gasteiger partial charge in [-0.1, -0.05) is 11.6 Å². The number of carboxylic acids is 1. The Hall–Kier alpha value is -1.94. The van der Waals surface area contributed by atoms with Gasteiger partial charge >= 0.3 is 11.7 Å². The van der Waals surface area contributed by atoms with E-state index in [1.54, 1.807) is 18.2 Å². The molecule has 0 unspecified atom stereocenters. The van der Waals surface area contributed by atoms with Crippen molar-refractivity contribution >= 4 is 57.4 Å². The van der Waals surface area contributed by atoms with Crippen molar-refractivity contribution in [3.63, 3.8) is 0 Å². The van der Waals surface area contributed by atoms with Crippen molar-refractivity contribution in [1.82, 2.24) is 4.98 Å². The van der Waals surface area contributed by atoms with Crippen LogP contribution in [0, 0.1) is 13.7 Å². The maximum absolute atomic E-state index is 11.0. The Morgan fingerprint density at radius 1 is 1.43 bits per heavy atom. The Kier molecular flexibility index (Phi) is 4.58. The highest BCUT2D eigenvalue weighted by atomic mass is 127. The van der Waals surface area contributed by atoms with E-state index < -0.39 is 16.6 Å². The lowest BCUT2D eigenvalue weighted by Crippen LogP contribution is -2.04. The Morgan fingerprint density at radius 2 is 2.14 bits per heavy atom. The summed E-state index contributed by atoms with van der Waals surface area (Å²) in [6, 6.07) is 5.92. The van der Waals surface area contributed by atoms with Gasteiger partial charge in [-0.05, 0) is 40.8 Å². The first-order valence-corrected chi connectivity index (χ1v) is 6.94. The van der Waals surface area contributed by atoms with E-state index in [0.29, 0.717) is 10.7 Å². The molecule has 0 amide bonds. The third-order valence-corrected chi connectivity index (χ3v) is 3.62. The van der Waals surface area contributed by atoms with Gasteiger partial charge in [-0.15, -0.1) is 0 Å². The lowest BCUT2D eigenvalue weighted by molar-refractivity contribution is -0.384. The molecule has 9 heteroatoms.